The Kier molecular flexibility index (Phi) is 5.54. The number of nitrogens with zero attached hydrogens (tertiary/aromatic N) is 1. The molecule has 0 fully saturated rings. The van der Waals surface area contributed by atoms with Crippen LogP contribution < -0.4 is 10.3 Å². The molecule has 0 atom stereocenters. The normalized spacial score (nSPS) is 13.6. The van der Waals surface area contributed by atoms with Crippen LogP contribution >= 0.6 is 0 Å². The van der Waals surface area contributed by atoms with Crippen LogP contribution in [0, 0.1) is 0 Å². The van der Waals surface area contributed by atoms with Crippen LogP contribution in [0.3, 0.4) is 0 Å². The average Bonchev–Trinajstić information content (AvgIpc) is 3.23. The molecule has 4 rings (SSSR count). The number of carboxylic acids is 1. The van der Waals surface area contributed by atoms with Crippen molar-refractivity contribution in [2.75, 3.05) is 0 Å². The molecule has 0 unspecified atom stereocenters. The molecule has 0 bridgehead atoms. The molecule has 2 aromatic carbocycles. The fourth-order valence-electron chi connectivity index (χ4n) is 4.30. The fourth-order valence-corrected chi connectivity index (χ4v) is 4.30. The maximum atomic E-state index is 13.0. The second-order valence-corrected chi connectivity index (χ2v) is 7.57. The van der Waals surface area contributed by atoms with Crippen molar-refractivity contribution >= 4 is 22.9 Å². The molecule has 1 N–H and O–H groups in total. The van der Waals surface area contributed by atoms with Gasteiger partial charge >= 0.3 is 12.3 Å². The van der Waals surface area contributed by atoms with E-state index in [1.165, 1.54) is 24.3 Å². The third-order valence-electron chi connectivity index (χ3n) is 5.61. The molecule has 0 saturated carbocycles. The van der Waals surface area contributed by atoms with E-state index in [0.29, 0.717) is 24.1 Å². The van der Waals surface area contributed by atoms with E-state index in [9.17, 15) is 22.8 Å². The minimum atomic E-state index is -4.88. The number of fused-ring (bicyclic) bond motifs is 3. The first-order valence-electron chi connectivity index (χ1n) is 10.2. The number of halogens is 3. The van der Waals surface area contributed by atoms with Crippen molar-refractivity contribution in [1.29, 1.82) is 0 Å². The number of pyridine rings is 1. The second kappa shape index (κ2) is 8.18. The smallest absolute Gasteiger partial charge is 0.478 e. The Bertz CT molecular complexity index is 1310. The molecule has 5 nitrogen and oxygen atoms in total. The lowest BCUT2D eigenvalue weighted by atomic mass is 9.97. The molecule has 166 valence electrons. The third kappa shape index (κ3) is 4.12. The van der Waals surface area contributed by atoms with Crippen LogP contribution in [0.2, 0.25) is 0 Å². The largest absolute Gasteiger partial charge is 0.573 e. The van der Waals surface area contributed by atoms with E-state index in [4.69, 9.17) is 5.11 Å². The molecule has 1 aromatic heterocycles. The highest BCUT2D eigenvalue weighted by Crippen LogP contribution is 2.37. The summed E-state index contributed by atoms with van der Waals surface area (Å²) in [6, 6.07) is 9.17. The lowest BCUT2D eigenvalue weighted by Gasteiger charge is -2.17. The van der Waals surface area contributed by atoms with Gasteiger partial charge in [0, 0.05) is 29.1 Å². The van der Waals surface area contributed by atoms with Crippen LogP contribution in [0.4, 0.5) is 13.2 Å². The lowest BCUT2D eigenvalue weighted by Crippen LogP contribution is -2.23. The zero-order chi connectivity index (χ0) is 23.0. The van der Waals surface area contributed by atoms with Crippen LogP contribution in [0.15, 0.2) is 47.3 Å². The average molecular weight is 443 g/mol. The number of aryl methyl sites for hydroxylation is 2. The Labute approximate surface area is 181 Å². The van der Waals surface area contributed by atoms with E-state index in [-0.39, 0.29) is 16.9 Å². The molecule has 32 heavy (non-hydrogen) atoms. The van der Waals surface area contributed by atoms with Crippen LogP contribution in [0.5, 0.6) is 5.75 Å². The topological polar surface area (TPSA) is 68.5 Å². The van der Waals surface area contributed by atoms with Gasteiger partial charge in [0.05, 0.1) is 5.52 Å². The Balaban J connectivity index is 1.94. The number of hydrogen-bond acceptors (Lipinski definition) is 3. The summed E-state index contributed by atoms with van der Waals surface area (Å²) < 4.78 is 45.0. The summed E-state index contributed by atoms with van der Waals surface area (Å²) in [5, 5.41) is 9.69. The summed E-state index contributed by atoms with van der Waals surface area (Å²) in [7, 11) is 0. The zero-order valence-corrected chi connectivity index (χ0v) is 17.2. The van der Waals surface area contributed by atoms with Crippen molar-refractivity contribution < 1.29 is 27.8 Å². The SMILES string of the molecule is CCn1c(=O)c2c(c3cc(-c4cc(C=CC(=O)O)ccc4OC(F)(F)F)ccc31)CCC2. The van der Waals surface area contributed by atoms with E-state index < -0.39 is 12.3 Å². The number of aliphatic carboxylic acids is 1. The van der Waals surface area contributed by atoms with Gasteiger partial charge in [0.15, 0.2) is 0 Å². The van der Waals surface area contributed by atoms with Gasteiger partial charge < -0.3 is 14.4 Å². The first-order valence-corrected chi connectivity index (χ1v) is 10.2. The van der Waals surface area contributed by atoms with Crippen LogP contribution in [-0.4, -0.2) is 22.0 Å². The first kappa shape index (κ1) is 21.7. The van der Waals surface area contributed by atoms with Crippen molar-refractivity contribution in [3.63, 3.8) is 0 Å². The molecule has 0 saturated heterocycles. The molecule has 0 radical (unpaired) electrons. The number of ether oxygens (including phenoxy) is 1. The van der Waals surface area contributed by atoms with Gasteiger partial charge in [-0.15, -0.1) is 13.2 Å². The molecule has 0 spiro atoms. The molecular weight excluding hydrogens is 423 g/mol. The van der Waals surface area contributed by atoms with Gasteiger partial charge in [-0.05, 0) is 73.2 Å². The third-order valence-corrected chi connectivity index (χ3v) is 5.61. The van der Waals surface area contributed by atoms with E-state index in [1.807, 2.05) is 6.92 Å². The summed E-state index contributed by atoms with van der Waals surface area (Å²) in [6.45, 7) is 2.36. The molecule has 1 aliphatic rings. The van der Waals surface area contributed by atoms with E-state index in [0.717, 1.165) is 40.9 Å². The predicted octanol–water partition coefficient (Wildman–Crippen LogP) is 5.17. The maximum Gasteiger partial charge on any atom is 0.573 e. The summed E-state index contributed by atoms with van der Waals surface area (Å²) in [5.41, 5.74) is 3.51. The molecule has 0 amide bonds. The van der Waals surface area contributed by atoms with Crippen molar-refractivity contribution in [2.45, 2.75) is 39.1 Å². The summed E-state index contributed by atoms with van der Waals surface area (Å²) >= 11 is 0. The number of benzene rings is 2. The van der Waals surface area contributed by atoms with Crippen LogP contribution in [0.25, 0.3) is 28.1 Å². The zero-order valence-electron chi connectivity index (χ0n) is 17.2. The van der Waals surface area contributed by atoms with Crippen molar-refractivity contribution in [1.82, 2.24) is 4.57 Å². The van der Waals surface area contributed by atoms with Gasteiger partial charge in [-0.1, -0.05) is 12.1 Å². The predicted molar refractivity (Wildman–Crippen MR) is 115 cm³/mol. The van der Waals surface area contributed by atoms with Crippen LogP contribution in [-0.2, 0) is 24.2 Å². The Morgan fingerprint density at radius 2 is 1.91 bits per heavy atom. The van der Waals surface area contributed by atoms with Crippen molar-refractivity contribution in [3.05, 3.63) is 69.5 Å². The lowest BCUT2D eigenvalue weighted by molar-refractivity contribution is -0.274. The second-order valence-electron chi connectivity index (χ2n) is 7.57. The van der Waals surface area contributed by atoms with E-state index in [1.54, 1.807) is 22.8 Å². The molecule has 1 heterocycles. The van der Waals surface area contributed by atoms with Gasteiger partial charge in [0.25, 0.3) is 5.56 Å². The highest BCUT2D eigenvalue weighted by atomic mass is 19.4. The van der Waals surface area contributed by atoms with Gasteiger partial charge in [-0.3, -0.25) is 4.79 Å². The van der Waals surface area contributed by atoms with E-state index in [2.05, 4.69) is 4.74 Å². The van der Waals surface area contributed by atoms with Gasteiger partial charge in [0.2, 0.25) is 0 Å². The molecule has 8 heteroatoms. The number of carboxylic acid groups (broad SMARTS) is 1. The minimum Gasteiger partial charge on any atom is -0.478 e. The minimum absolute atomic E-state index is 0.0119. The number of rotatable bonds is 5. The Hall–Kier alpha value is -3.55. The van der Waals surface area contributed by atoms with Crippen molar-refractivity contribution in [2.24, 2.45) is 0 Å². The standard InChI is InChI=1S/C24H20F3NO4/c1-2-28-20-9-8-15(13-19(20)16-4-3-5-17(16)23(28)31)18-12-14(7-11-22(29)30)6-10-21(18)32-24(25,26)27/h6-13H,2-5H2,1H3,(H,29,30). The van der Waals surface area contributed by atoms with Gasteiger partial charge in [-0.2, -0.15) is 0 Å². The maximum absolute atomic E-state index is 13.0. The molecular formula is C24H20F3NO4. The van der Waals surface area contributed by atoms with Gasteiger partial charge in [0.1, 0.15) is 5.75 Å². The number of aromatic nitrogens is 1. The molecule has 3 aromatic rings. The summed E-state index contributed by atoms with van der Waals surface area (Å²) in [6.07, 6.45) is -0.384. The number of hydrogen-bond donors (Lipinski definition) is 1. The van der Waals surface area contributed by atoms with E-state index >= 15 is 0 Å². The molecule has 0 aliphatic heterocycles. The van der Waals surface area contributed by atoms with Crippen LogP contribution in [0.1, 0.15) is 30.0 Å². The Morgan fingerprint density at radius 3 is 2.59 bits per heavy atom. The fraction of sp³-hybridized carbons (Fsp3) is 0.250. The monoisotopic (exact) mass is 443 g/mol. The van der Waals surface area contributed by atoms with Crippen molar-refractivity contribution in [3.8, 4) is 16.9 Å². The summed E-state index contributed by atoms with van der Waals surface area (Å²) in [4.78, 5) is 23.6. The highest BCUT2D eigenvalue weighted by Gasteiger charge is 2.32. The highest BCUT2D eigenvalue weighted by molar-refractivity contribution is 5.90. The summed E-state index contributed by atoms with van der Waals surface area (Å²) in [5.74, 6) is -1.55. The Morgan fingerprint density at radius 1 is 1.16 bits per heavy atom. The number of carbonyl (C=O) groups is 1. The molecule has 1 aliphatic carbocycles. The number of alkyl halides is 3. The quantitative estimate of drug-likeness (QED) is 0.552. The van der Waals surface area contributed by atoms with Gasteiger partial charge in [-0.25, -0.2) is 4.79 Å². The first-order chi connectivity index (χ1) is 15.2.